The molecule has 2 heterocycles. The fraction of sp³-hybridized carbons (Fsp3) is 0.542. The quantitative estimate of drug-likeness (QED) is 0.327. The van der Waals surface area contributed by atoms with E-state index in [0.717, 1.165) is 55.1 Å². The predicted molar refractivity (Wildman–Crippen MR) is 141 cm³/mol. The number of hydrogen-bond donors (Lipinski definition) is 2. The highest BCUT2D eigenvalue weighted by atomic mass is 127. The van der Waals surface area contributed by atoms with Crippen LogP contribution < -0.4 is 10.6 Å². The fourth-order valence-corrected chi connectivity index (χ4v) is 4.13. The van der Waals surface area contributed by atoms with Gasteiger partial charge in [0.2, 0.25) is 0 Å². The van der Waals surface area contributed by atoms with Crippen molar-refractivity contribution in [3.8, 4) is 0 Å². The van der Waals surface area contributed by atoms with Gasteiger partial charge in [0.15, 0.2) is 5.96 Å². The van der Waals surface area contributed by atoms with E-state index in [4.69, 9.17) is 0 Å². The molecule has 2 aromatic rings. The third-order valence-corrected chi connectivity index (χ3v) is 6.08. The lowest BCUT2D eigenvalue weighted by Crippen LogP contribution is -2.42. The summed E-state index contributed by atoms with van der Waals surface area (Å²) in [5.41, 5.74) is 5.45. The molecule has 0 radical (unpaired) electrons. The van der Waals surface area contributed by atoms with Crippen molar-refractivity contribution in [1.29, 1.82) is 0 Å². The minimum atomic E-state index is 0. The Morgan fingerprint density at radius 1 is 1.16 bits per heavy atom. The van der Waals surface area contributed by atoms with E-state index in [9.17, 15) is 4.79 Å². The van der Waals surface area contributed by atoms with Crippen LogP contribution in [0.15, 0.2) is 29.3 Å². The Bertz CT molecular complexity index is 915. The van der Waals surface area contributed by atoms with E-state index in [1.165, 1.54) is 17.7 Å². The standard InChI is InChI=1S/C24H36N6O.HI/c1-17(15-22-18(2)28-29(5)19(22)3)27-24(25-4)26-16-20-9-11-21(12-10-20)23(31)30-13-7-6-8-14-30;/h9-12,17H,6-8,13-16H2,1-5H3,(H2,25,26,27);1H. The normalized spacial score (nSPS) is 15.2. The molecular formula is C24H37IN6O. The highest BCUT2D eigenvalue weighted by Gasteiger charge is 2.18. The second kappa shape index (κ2) is 12.2. The number of benzene rings is 1. The minimum Gasteiger partial charge on any atom is -0.354 e. The number of hydrogen-bond acceptors (Lipinski definition) is 3. The number of carbonyl (C=O) groups is 1. The lowest BCUT2D eigenvalue weighted by atomic mass is 10.1. The van der Waals surface area contributed by atoms with Crippen LogP contribution in [0.1, 0.15) is 59.1 Å². The van der Waals surface area contributed by atoms with Gasteiger partial charge in [-0.05, 0) is 69.7 Å². The number of nitrogens with one attached hydrogen (secondary N) is 2. The SMILES string of the molecule is CN=C(NCc1ccc(C(=O)N2CCCCC2)cc1)NC(C)Cc1c(C)nn(C)c1C.I. The molecule has 1 saturated heterocycles. The largest absolute Gasteiger partial charge is 0.354 e. The van der Waals surface area contributed by atoms with Gasteiger partial charge in [0.25, 0.3) is 5.91 Å². The van der Waals surface area contributed by atoms with Crippen LogP contribution in [0.4, 0.5) is 0 Å². The van der Waals surface area contributed by atoms with Gasteiger partial charge in [0, 0.05) is 51.0 Å². The molecule has 1 aliphatic heterocycles. The topological polar surface area (TPSA) is 74.6 Å². The molecule has 1 unspecified atom stereocenters. The Morgan fingerprint density at radius 3 is 2.38 bits per heavy atom. The van der Waals surface area contributed by atoms with Gasteiger partial charge >= 0.3 is 0 Å². The Morgan fingerprint density at radius 2 is 1.81 bits per heavy atom. The summed E-state index contributed by atoms with van der Waals surface area (Å²) in [6.45, 7) is 8.71. The van der Waals surface area contributed by atoms with Crippen LogP contribution in [-0.2, 0) is 20.0 Å². The molecule has 3 rings (SSSR count). The van der Waals surface area contributed by atoms with Crippen molar-refractivity contribution in [3.05, 3.63) is 52.3 Å². The zero-order valence-electron chi connectivity index (χ0n) is 19.9. The van der Waals surface area contributed by atoms with E-state index in [1.807, 2.05) is 40.9 Å². The number of likely N-dealkylation sites (tertiary alicyclic amines) is 1. The lowest BCUT2D eigenvalue weighted by molar-refractivity contribution is 0.0724. The van der Waals surface area contributed by atoms with Crippen molar-refractivity contribution in [2.24, 2.45) is 12.0 Å². The summed E-state index contributed by atoms with van der Waals surface area (Å²) in [6, 6.07) is 8.12. The summed E-state index contributed by atoms with van der Waals surface area (Å²) in [5, 5.41) is 11.3. The second-order valence-electron chi connectivity index (χ2n) is 8.50. The summed E-state index contributed by atoms with van der Waals surface area (Å²) in [5.74, 6) is 0.909. The molecule has 1 aromatic heterocycles. The maximum absolute atomic E-state index is 12.6. The third kappa shape index (κ3) is 6.70. The molecule has 8 heteroatoms. The van der Waals surface area contributed by atoms with Crippen molar-refractivity contribution in [2.45, 2.75) is 59.0 Å². The van der Waals surface area contributed by atoms with Gasteiger partial charge in [-0.25, -0.2) is 0 Å². The molecule has 0 aliphatic carbocycles. The third-order valence-electron chi connectivity index (χ3n) is 6.08. The highest BCUT2D eigenvalue weighted by Crippen LogP contribution is 2.15. The minimum absolute atomic E-state index is 0. The monoisotopic (exact) mass is 552 g/mol. The van der Waals surface area contributed by atoms with E-state index in [-0.39, 0.29) is 35.9 Å². The average Bonchev–Trinajstić information content (AvgIpc) is 3.03. The van der Waals surface area contributed by atoms with E-state index < -0.39 is 0 Å². The molecule has 7 nitrogen and oxygen atoms in total. The number of aliphatic imine (C=N–C) groups is 1. The van der Waals surface area contributed by atoms with Gasteiger partial charge in [0.1, 0.15) is 0 Å². The number of carbonyl (C=O) groups excluding carboxylic acids is 1. The first-order valence-electron chi connectivity index (χ1n) is 11.2. The van der Waals surface area contributed by atoms with Crippen LogP contribution >= 0.6 is 24.0 Å². The molecule has 1 amide bonds. The van der Waals surface area contributed by atoms with Gasteiger partial charge < -0.3 is 15.5 Å². The van der Waals surface area contributed by atoms with Crippen LogP contribution in [-0.4, -0.2) is 52.7 Å². The molecule has 0 spiro atoms. The molecule has 32 heavy (non-hydrogen) atoms. The summed E-state index contributed by atoms with van der Waals surface area (Å²) >= 11 is 0. The first-order valence-corrected chi connectivity index (χ1v) is 11.2. The van der Waals surface area contributed by atoms with Gasteiger partial charge in [-0.3, -0.25) is 14.5 Å². The molecule has 0 bridgehead atoms. The van der Waals surface area contributed by atoms with Crippen LogP contribution in [0.25, 0.3) is 0 Å². The van der Waals surface area contributed by atoms with Crippen molar-refractivity contribution in [1.82, 2.24) is 25.3 Å². The van der Waals surface area contributed by atoms with E-state index in [0.29, 0.717) is 6.54 Å². The zero-order valence-corrected chi connectivity index (χ0v) is 22.3. The summed E-state index contributed by atoms with van der Waals surface area (Å²) in [4.78, 5) is 18.9. The molecule has 176 valence electrons. The zero-order chi connectivity index (χ0) is 22.4. The van der Waals surface area contributed by atoms with Crippen LogP contribution in [0, 0.1) is 13.8 Å². The Hall–Kier alpha value is -2.10. The number of amides is 1. The fourth-order valence-electron chi connectivity index (χ4n) is 4.13. The number of guanidine groups is 1. The first-order chi connectivity index (χ1) is 14.9. The van der Waals surface area contributed by atoms with E-state index in [2.05, 4.69) is 41.5 Å². The number of piperidine rings is 1. The smallest absolute Gasteiger partial charge is 0.253 e. The van der Waals surface area contributed by atoms with Crippen molar-refractivity contribution >= 4 is 35.8 Å². The van der Waals surface area contributed by atoms with Crippen LogP contribution in [0.2, 0.25) is 0 Å². The van der Waals surface area contributed by atoms with Gasteiger partial charge in [-0.1, -0.05) is 12.1 Å². The molecule has 2 N–H and O–H groups in total. The molecular weight excluding hydrogens is 515 g/mol. The van der Waals surface area contributed by atoms with Crippen LogP contribution in [0.5, 0.6) is 0 Å². The summed E-state index contributed by atoms with van der Waals surface area (Å²) in [6.07, 6.45) is 4.33. The Balaban J connectivity index is 0.00000363. The Labute approximate surface area is 209 Å². The lowest BCUT2D eigenvalue weighted by Gasteiger charge is -2.26. The maximum Gasteiger partial charge on any atom is 0.253 e. The van der Waals surface area contributed by atoms with Gasteiger partial charge in [0.05, 0.1) is 5.69 Å². The number of rotatable bonds is 6. The second-order valence-corrected chi connectivity index (χ2v) is 8.50. The van der Waals surface area contributed by atoms with Gasteiger partial charge in [-0.15, -0.1) is 24.0 Å². The van der Waals surface area contributed by atoms with Crippen molar-refractivity contribution in [2.75, 3.05) is 20.1 Å². The summed E-state index contributed by atoms with van der Waals surface area (Å²) in [7, 11) is 3.76. The number of aryl methyl sites for hydroxylation is 2. The molecule has 1 aromatic carbocycles. The molecule has 0 saturated carbocycles. The van der Waals surface area contributed by atoms with Crippen molar-refractivity contribution < 1.29 is 4.79 Å². The van der Waals surface area contributed by atoms with Crippen molar-refractivity contribution in [3.63, 3.8) is 0 Å². The molecule has 1 fully saturated rings. The van der Waals surface area contributed by atoms with Gasteiger partial charge in [-0.2, -0.15) is 5.10 Å². The number of nitrogens with zero attached hydrogens (tertiary/aromatic N) is 4. The van der Waals surface area contributed by atoms with E-state index in [1.54, 1.807) is 7.05 Å². The Kier molecular flexibility index (Phi) is 9.99. The number of aromatic nitrogens is 2. The molecule has 1 aliphatic rings. The maximum atomic E-state index is 12.6. The first kappa shape index (κ1) is 26.2. The van der Waals surface area contributed by atoms with E-state index >= 15 is 0 Å². The highest BCUT2D eigenvalue weighted by molar-refractivity contribution is 14.0. The predicted octanol–water partition coefficient (Wildman–Crippen LogP) is 3.58. The van der Waals surface area contributed by atoms with Crippen LogP contribution in [0.3, 0.4) is 0 Å². The average molecular weight is 553 g/mol. The summed E-state index contributed by atoms with van der Waals surface area (Å²) < 4.78 is 1.93. The molecule has 1 atom stereocenters. The number of halogens is 1.